The molecule has 9 heteroatoms. The Morgan fingerprint density at radius 3 is 2.50 bits per heavy atom. The first-order valence-corrected chi connectivity index (χ1v) is 12.9. The fourth-order valence-corrected chi connectivity index (χ4v) is 4.32. The summed E-state index contributed by atoms with van der Waals surface area (Å²) in [6.45, 7) is 6.12. The third-order valence-electron chi connectivity index (χ3n) is 6.56. The number of aryl methyl sites for hydroxylation is 3. The zero-order valence-corrected chi connectivity index (χ0v) is 22.4. The first-order chi connectivity index (χ1) is 18.2. The lowest BCUT2D eigenvalue weighted by Crippen LogP contribution is -2.36. The highest BCUT2D eigenvalue weighted by molar-refractivity contribution is 6.31. The minimum atomic E-state index is -0.523. The fraction of sp³-hybridized carbons (Fsp3) is 0.276. The highest BCUT2D eigenvalue weighted by Crippen LogP contribution is 2.29. The topological polar surface area (TPSA) is 99.8 Å². The Bertz CT molecular complexity index is 1340. The molecule has 3 aromatic rings. The van der Waals surface area contributed by atoms with Crippen molar-refractivity contribution in [1.29, 1.82) is 0 Å². The van der Waals surface area contributed by atoms with Gasteiger partial charge in [0.25, 0.3) is 5.91 Å². The maximum absolute atomic E-state index is 12.9. The highest BCUT2D eigenvalue weighted by Gasteiger charge is 2.35. The van der Waals surface area contributed by atoms with Crippen molar-refractivity contribution < 1.29 is 19.1 Å². The number of hydrogen-bond acceptors (Lipinski definition) is 5. The van der Waals surface area contributed by atoms with Crippen LogP contribution in [0.25, 0.3) is 0 Å². The maximum Gasteiger partial charge on any atom is 0.262 e. The van der Waals surface area contributed by atoms with Crippen LogP contribution < -0.4 is 25.8 Å². The van der Waals surface area contributed by atoms with E-state index in [1.807, 2.05) is 56.3 Å². The predicted octanol–water partition coefficient (Wildman–Crippen LogP) is 5.03. The first-order valence-electron chi connectivity index (χ1n) is 12.5. The van der Waals surface area contributed by atoms with Crippen LogP contribution in [0.15, 0.2) is 60.7 Å². The van der Waals surface area contributed by atoms with Gasteiger partial charge in [0.1, 0.15) is 5.75 Å². The fourth-order valence-electron chi connectivity index (χ4n) is 4.15. The predicted molar refractivity (Wildman–Crippen MR) is 150 cm³/mol. The maximum atomic E-state index is 12.9. The molecule has 0 spiro atoms. The van der Waals surface area contributed by atoms with E-state index in [-0.39, 0.29) is 37.3 Å². The Morgan fingerprint density at radius 1 is 1.03 bits per heavy atom. The molecule has 38 heavy (non-hydrogen) atoms. The summed E-state index contributed by atoms with van der Waals surface area (Å²) >= 11 is 6.14. The van der Waals surface area contributed by atoms with Gasteiger partial charge in [-0.1, -0.05) is 36.7 Å². The van der Waals surface area contributed by atoms with E-state index in [1.165, 1.54) is 5.56 Å². The number of nitrogens with one attached hydrogen (secondary N) is 3. The number of nitrogens with zero attached hydrogens (tertiary/aromatic N) is 1. The molecule has 3 amide bonds. The average molecular weight is 535 g/mol. The van der Waals surface area contributed by atoms with Crippen LogP contribution >= 0.6 is 11.6 Å². The summed E-state index contributed by atoms with van der Waals surface area (Å²) < 4.78 is 5.69. The SMILES string of the molecule is CCc1ccc(NC(=O)COc2ccc(Cl)cc2NNC(=O)[C@H]2CC(=O)N(c3ccc(C)c(C)c3)C2)cc1. The van der Waals surface area contributed by atoms with Crippen molar-refractivity contribution in [1.82, 2.24) is 5.43 Å². The van der Waals surface area contributed by atoms with E-state index >= 15 is 0 Å². The van der Waals surface area contributed by atoms with E-state index in [0.29, 0.717) is 22.1 Å². The lowest BCUT2D eigenvalue weighted by Gasteiger charge is -2.18. The quantitative estimate of drug-likeness (QED) is 0.334. The number of ether oxygens (including phenoxy) is 1. The molecule has 1 heterocycles. The monoisotopic (exact) mass is 534 g/mol. The molecule has 0 unspecified atom stereocenters. The summed E-state index contributed by atoms with van der Waals surface area (Å²) in [4.78, 5) is 39.5. The summed E-state index contributed by atoms with van der Waals surface area (Å²) in [5, 5.41) is 3.22. The highest BCUT2D eigenvalue weighted by atomic mass is 35.5. The molecular weight excluding hydrogens is 504 g/mol. The second kappa shape index (κ2) is 12.0. The molecule has 0 radical (unpaired) electrons. The largest absolute Gasteiger partial charge is 0.482 e. The van der Waals surface area contributed by atoms with E-state index in [1.54, 1.807) is 23.1 Å². The van der Waals surface area contributed by atoms with Gasteiger partial charge in [-0.2, -0.15) is 0 Å². The molecule has 8 nitrogen and oxygen atoms in total. The number of hydrogen-bond donors (Lipinski definition) is 3. The molecule has 1 aliphatic heterocycles. The molecule has 1 saturated heterocycles. The first kappa shape index (κ1) is 27.0. The second-order valence-electron chi connectivity index (χ2n) is 9.32. The van der Waals surface area contributed by atoms with Gasteiger partial charge in [0.15, 0.2) is 6.61 Å². The molecule has 0 aliphatic carbocycles. The zero-order chi connectivity index (χ0) is 27.2. The molecule has 1 atom stereocenters. The summed E-state index contributed by atoms with van der Waals surface area (Å²) in [6.07, 6.45) is 1.03. The van der Waals surface area contributed by atoms with Gasteiger partial charge in [-0.15, -0.1) is 0 Å². The van der Waals surface area contributed by atoms with Crippen molar-refractivity contribution in [3.05, 3.63) is 82.4 Å². The van der Waals surface area contributed by atoms with Crippen molar-refractivity contribution in [2.24, 2.45) is 5.92 Å². The van der Waals surface area contributed by atoms with Crippen LogP contribution in [0.5, 0.6) is 5.75 Å². The number of carbonyl (C=O) groups excluding carboxylic acids is 3. The lowest BCUT2D eigenvalue weighted by molar-refractivity contribution is -0.125. The van der Waals surface area contributed by atoms with Crippen LogP contribution in [0.3, 0.4) is 0 Å². The molecule has 198 valence electrons. The molecule has 0 bridgehead atoms. The number of amides is 3. The summed E-state index contributed by atoms with van der Waals surface area (Å²) in [6, 6.07) is 18.2. The molecule has 4 rings (SSSR count). The Labute approximate surface area is 227 Å². The average Bonchev–Trinajstić information content (AvgIpc) is 3.30. The smallest absolute Gasteiger partial charge is 0.262 e. The van der Waals surface area contributed by atoms with Gasteiger partial charge in [0.2, 0.25) is 11.8 Å². The molecule has 1 fully saturated rings. The number of carbonyl (C=O) groups is 3. The number of anilines is 3. The van der Waals surface area contributed by atoms with Crippen molar-refractivity contribution >= 4 is 46.4 Å². The summed E-state index contributed by atoms with van der Waals surface area (Å²) in [5.41, 5.74) is 10.7. The molecule has 0 saturated carbocycles. The number of benzene rings is 3. The Balaban J connectivity index is 1.33. The van der Waals surface area contributed by atoms with E-state index in [0.717, 1.165) is 23.2 Å². The Kier molecular flexibility index (Phi) is 8.53. The van der Waals surface area contributed by atoms with Crippen molar-refractivity contribution in [3.8, 4) is 5.75 Å². The van der Waals surface area contributed by atoms with Gasteiger partial charge in [0.05, 0.1) is 11.6 Å². The summed E-state index contributed by atoms with van der Waals surface area (Å²) in [5.74, 6) is -0.940. The van der Waals surface area contributed by atoms with Crippen LogP contribution in [0.2, 0.25) is 5.02 Å². The zero-order valence-electron chi connectivity index (χ0n) is 21.6. The molecular formula is C29H31ClN4O4. The number of rotatable bonds is 9. The number of halogens is 1. The van der Waals surface area contributed by atoms with Crippen LogP contribution in [0.4, 0.5) is 17.1 Å². The van der Waals surface area contributed by atoms with E-state index in [9.17, 15) is 14.4 Å². The van der Waals surface area contributed by atoms with E-state index in [2.05, 4.69) is 23.1 Å². The van der Waals surface area contributed by atoms with Crippen LogP contribution in [0, 0.1) is 19.8 Å². The van der Waals surface area contributed by atoms with Crippen molar-refractivity contribution in [3.63, 3.8) is 0 Å². The van der Waals surface area contributed by atoms with Gasteiger partial charge < -0.3 is 15.0 Å². The van der Waals surface area contributed by atoms with Crippen molar-refractivity contribution in [2.45, 2.75) is 33.6 Å². The molecule has 1 aliphatic rings. The third kappa shape index (κ3) is 6.63. The lowest BCUT2D eigenvalue weighted by atomic mass is 10.1. The van der Waals surface area contributed by atoms with Crippen molar-refractivity contribution in [2.75, 3.05) is 28.8 Å². The minimum Gasteiger partial charge on any atom is -0.482 e. The Hall–Kier alpha value is -4.04. The molecule has 3 aromatic carbocycles. The minimum absolute atomic E-state index is 0.101. The van der Waals surface area contributed by atoms with Crippen LogP contribution in [-0.4, -0.2) is 30.9 Å². The van der Waals surface area contributed by atoms with E-state index < -0.39 is 5.92 Å². The molecule has 3 N–H and O–H groups in total. The van der Waals surface area contributed by atoms with Gasteiger partial charge in [-0.05, 0) is 79.4 Å². The van der Waals surface area contributed by atoms with E-state index in [4.69, 9.17) is 16.3 Å². The van der Waals surface area contributed by atoms with Crippen LogP contribution in [-0.2, 0) is 20.8 Å². The second-order valence-corrected chi connectivity index (χ2v) is 9.75. The Morgan fingerprint density at radius 2 is 1.79 bits per heavy atom. The van der Waals surface area contributed by atoms with Crippen LogP contribution in [0.1, 0.15) is 30.0 Å². The third-order valence-corrected chi connectivity index (χ3v) is 6.80. The van der Waals surface area contributed by atoms with Gasteiger partial charge in [-0.25, -0.2) is 0 Å². The summed E-state index contributed by atoms with van der Waals surface area (Å²) in [7, 11) is 0. The normalized spacial score (nSPS) is 14.8. The van der Waals surface area contributed by atoms with Gasteiger partial charge >= 0.3 is 0 Å². The van der Waals surface area contributed by atoms with Gasteiger partial charge in [-0.3, -0.25) is 25.2 Å². The van der Waals surface area contributed by atoms with Gasteiger partial charge in [0, 0.05) is 29.4 Å². The standard InChI is InChI=1S/C29H31ClN4O4/c1-4-20-6-9-23(10-7-20)31-27(35)17-38-26-12-8-22(30)15-25(26)32-33-29(37)21-14-28(36)34(16-21)24-11-5-18(2)19(3)13-24/h5-13,15,21,32H,4,14,16-17H2,1-3H3,(H,31,35)(H,33,37)/t21-/m0/s1. The number of hydrazine groups is 1. The molecule has 0 aromatic heterocycles.